The predicted molar refractivity (Wildman–Crippen MR) is 96.5 cm³/mol. The van der Waals surface area contributed by atoms with Gasteiger partial charge in [0, 0.05) is 17.9 Å². The molecule has 0 aliphatic heterocycles. The maximum absolute atomic E-state index is 12.5. The van der Waals surface area contributed by atoms with E-state index >= 15 is 0 Å². The first-order chi connectivity index (χ1) is 11.6. The number of ether oxygens (including phenoxy) is 2. The van der Waals surface area contributed by atoms with Crippen LogP contribution in [0, 0.1) is 11.3 Å². The van der Waals surface area contributed by atoms with Crippen LogP contribution in [0.5, 0.6) is 0 Å². The van der Waals surface area contributed by atoms with E-state index in [0.717, 1.165) is 18.6 Å². The monoisotopic (exact) mass is 328 g/mol. The molecule has 0 spiro atoms. The van der Waals surface area contributed by atoms with Gasteiger partial charge >= 0.3 is 0 Å². The molecule has 130 valence electrons. The van der Waals surface area contributed by atoms with Crippen LogP contribution in [0.25, 0.3) is 0 Å². The molecular formula is C21H28O3. The second-order valence-electron chi connectivity index (χ2n) is 6.54. The smallest absolute Gasteiger partial charge is 0.165 e. The summed E-state index contributed by atoms with van der Waals surface area (Å²) in [6.45, 7) is 7.88. The minimum atomic E-state index is -0.351. The van der Waals surface area contributed by atoms with E-state index in [0.29, 0.717) is 19.8 Å². The van der Waals surface area contributed by atoms with Gasteiger partial charge in [0.1, 0.15) is 0 Å². The minimum Gasteiger partial charge on any atom is -0.498 e. The molecule has 0 fully saturated rings. The number of hydrogen-bond acceptors (Lipinski definition) is 3. The molecule has 0 unspecified atom stereocenters. The van der Waals surface area contributed by atoms with Gasteiger partial charge in [-0.2, -0.15) is 0 Å². The van der Waals surface area contributed by atoms with Crippen molar-refractivity contribution in [2.24, 2.45) is 11.3 Å². The lowest BCUT2D eigenvalue weighted by molar-refractivity contribution is -0.126. The molecule has 2 rings (SSSR count). The number of carbonyl (C=O) groups is 1. The number of ketones is 1. The Hall–Kier alpha value is -1.87. The highest BCUT2D eigenvalue weighted by Crippen LogP contribution is 2.39. The minimum absolute atomic E-state index is 0.166. The standard InChI is InChI=1S/C21H28O3/c1-4-24-19-12-13-21(3,20(22)15-19)17(2)9-8-14-23-16-18-10-6-5-7-11-18/h5-11,15,17H,4,12-14,16H2,1-3H3/b9-8+/t17-,21+/m1/s1. The summed E-state index contributed by atoms with van der Waals surface area (Å²) in [5.41, 5.74) is 0.818. The summed E-state index contributed by atoms with van der Waals surface area (Å²) < 4.78 is 11.1. The van der Waals surface area contributed by atoms with E-state index in [1.165, 1.54) is 5.56 Å². The van der Waals surface area contributed by atoms with Gasteiger partial charge in [-0.1, -0.05) is 56.3 Å². The number of hydrogen-bond donors (Lipinski definition) is 0. The van der Waals surface area contributed by atoms with Crippen LogP contribution in [0.2, 0.25) is 0 Å². The van der Waals surface area contributed by atoms with Crippen LogP contribution in [0.1, 0.15) is 39.2 Å². The van der Waals surface area contributed by atoms with Gasteiger partial charge in [-0.3, -0.25) is 4.79 Å². The van der Waals surface area contributed by atoms with Crippen molar-refractivity contribution in [1.82, 2.24) is 0 Å². The molecule has 3 heteroatoms. The largest absolute Gasteiger partial charge is 0.498 e. The summed E-state index contributed by atoms with van der Waals surface area (Å²) in [6, 6.07) is 10.1. The van der Waals surface area contributed by atoms with E-state index < -0.39 is 0 Å². The lowest BCUT2D eigenvalue weighted by atomic mass is 9.68. The third-order valence-corrected chi connectivity index (χ3v) is 4.83. The second-order valence-corrected chi connectivity index (χ2v) is 6.54. The third kappa shape index (κ3) is 4.81. The van der Waals surface area contributed by atoms with E-state index in [2.05, 4.69) is 25.1 Å². The van der Waals surface area contributed by atoms with Gasteiger partial charge in [0.05, 0.1) is 25.6 Å². The zero-order chi connectivity index (χ0) is 17.4. The predicted octanol–water partition coefficient (Wildman–Crippen LogP) is 4.69. The Bertz CT molecular complexity index is 588. The van der Waals surface area contributed by atoms with Crippen molar-refractivity contribution >= 4 is 5.78 Å². The van der Waals surface area contributed by atoms with Gasteiger partial charge in [-0.25, -0.2) is 0 Å². The summed E-state index contributed by atoms with van der Waals surface area (Å²) in [4.78, 5) is 12.5. The van der Waals surface area contributed by atoms with Gasteiger partial charge in [-0.15, -0.1) is 0 Å². The summed E-state index contributed by atoms with van der Waals surface area (Å²) in [7, 11) is 0. The van der Waals surface area contributed by atoms with Crippen molar-refractivity contribution in [1.29, 1.82) is 0 Å². The van der Waals surface area contributed by atoms with Crippen molar-refractivity contribution in [3.8, 4) is 0 Å². The molecule has 1 aromatic carbocycles. The van der Waals surface area contributed by atoms with Crippen LogP contribution in [-0.2, 0) is 20.9 Å². The van der Waals surface area contributed by atoms with E-state index in [-0.39, 0.29) is 17.1 Å². The molecule has 1 aliphatic rings. The number of carbonyl (C=O) groups excluding carboxylic acids is 1. The first-order valence-electron chi connectivity index (χ1n) is 8.72. The average Bonchev–Trinajstić information content (AvgIpc) is 2.59. The molecule has 0 N–H and O–H groups in total. The first kappa shape index (κ1) is 18.5. The molecule has 0 saturated heterocycles. The summed E-state index contributed by atoms with van der Waals surface area (Å²) in [5, 5.41) is 0. The Morgan fingerprint density at radius 2 is 2.04 bits per heavy atom. The van der Waals surface area contributed by atoms with Crippen LogP contribution in [-0.4, -0.2) is 19.0 Å². The van der Waals surface area contributed by atoms with Crippen LogP contribution in [0.4, 0.5) is 0 Å². The van der Waals surface area contributed by atoms with Crippen molar-refractivity contribution < 1.29 is 14.3 Å². The van der Waals surface area contributed by atoms with E-state index in [9.17, 15) is 4.79 Å². The van der Waals surface area contributed by atoms with Crippen LogP contribution >= 0.6 is 0 Å². The number of benzene rings is 1. The molecule has 0 saturated carbocycles. The van der Waals surface area contributed by atoms with Crippen molar-refractivity contribution in [3.05, 3.63) is 59.9 Å². The molecule has 1 aliphatic carbocycles. The highest BCUT2D eigenvalue weighted by Gasteiger charge is 2.39. The maximum Gasteiger partial charge on any atom is 0.165 e. The van der Waals surface area contributed by atoms with Crippen molar-refractivity contribution in [2.75, 3.05) is 13.2 Å². The zero-order valence-electron chi connectivity index (χ0n) is 15.0. The Labute approximate surface area is 145 Å². The number of allylic oxidation sites excluding steroid dienone is 3. The molecule has 0 heterocycles. The van der Waals surface area contributed by atoms with E-state index in [4.69, 9.17) is 9.47 Å². The first-order valence-corrected chi connectivity index (χ1v) is 8.72. The summed E-state index contributed by atoms with van der Waals surface area (Å²) in [5.74, 6) is 1.16. The fourth-order valence-corrected chi connectivity index (χ4v) is 2.93. The molecule has 3 nitrogen and oxygen atoms in total. The Morgan fingerprint density at radius 1 is 1.29 bits per heavy atom. The fourth-order valence-electron chi connectivity index (χ4n) is 2.93. The quantitative estimate of drug-likeness (QED) is 0.513. The zero-order valence-corrected chi connectivity index (χ0v) is 15.0. The van der Waals surface area contributed by atoms with Crippen molar-refractivity contribution in [3.63, 3.8) is 0 Å². The van der Waals surface area contributed by atoms with Gasteiger partial charge in [0.15, 0.2) is 5.78 Å². The van der Waals surface area contributed by atoms with Gasteiger partial charge in [0.25, 0.3) is 0 Å². The Morgan fingerprint density at radius 3 is 2.71 bits per heavy atom. The topological polar surface area (TPSA) is 35.5 Å². The third-order valence-electron chi connectivity index (χ3n) is 4.83. The average molecular weight is 328 g/mol. The normalized spacial score (nSPS) is 22.5. The van der Waals surface area contributed by atoms with Crippen molar-refractivity contribution in [2.45, 2.75) is 40.2 Å². The molecule has 0 amide bonds. The molecule has 0 aromatic heterocycles. The highest BCUT2D eigenvalue weighted by atomic mass is 16.5. The van der Waals surface area contributed by atoms with Gasteiger partial charge in [0.2, 0.25) is 0 Å². The lowest BCUT2D eigenvalue weighted by Crippen LogP contribution is -2.35. The molecule has 2 atom stereocenters. The summed E-state index contributed by atoms with van der Waals surface area (Å²) >= 11 is 0. The highest BCUT2D eigenvalue weighted by molar-refractivity contribution is 5.96. The molecule has 0 bridgehead atoms. The van der Waals surface area contributed by atoms with Crippen LogP contribution in [0.15, 0.2) is 54.3 Å². The number of rotatable bonds is 8. The molecule has 1 aromatic rings. The SMILES string of the molecule is CCOC1=CC(=O)[C@](C)([C@H](C)/C=C/COCc2ccccc2)CC1. The Balaban J connectivity index is 1.82. The molecular weight excluding hydrogens is 300 g/mol. The Kier molecular flexibility index (Phi) is 6.80. The fraction of sp³-hybridized carbons (Fsp3) is 0.476. The lowest BCUT2D eigenvalue weighted by Gasteiger charge is -2.35. The maximum atomic E-state index is 12.5. The molecule has 0 radical (unpaired) electrons. The van der Waals surface area contributed by atoms with Crippen LogP contribution in [0.3, 0.4) is 0 Å². The van der Waals surface area contributed by atoms with Crippen LogP contribution < -0.4 is 0 Å². The van der Waals surface area contributed by atoms with E-state index in [1.54, 1.807) is 6.08 Å². The van der Waals surface area contributed by atoms with Gasteiger partial charge < -0.3 is 9.47 Å². The second kappa shape index (κ2) is 8.84. The molecule has 24 heavy (non-hydrogen) atoms. The van der Waals surface area contributed by atoms with E-state index in [1.807, 2.05) is 38.1 Å². The van der Waals surface area contributed by atoms with Gasteiger partial charge in [-0.05, 0) is 24.8 Å². The summed E-state index contributed by atoms with van der Waals surface area (Å²) in [6.07, 6.45) is 7.46.